The van der Waals surface area contributed by atoms with Gasteiger partial charge in [0.25, 0.3) is 5.91 Å². The van der Waals surface area contributed by atoms with Crippen LogP contribution in [0.3, 0.4) is 0 Å². The highest BCUT2D eigenvalue weighted by atomic mass is 35.5. The predicted octanol–water partition coefficient (Wildman–Crippen LogP) is 6.45. The number of hydrogen-bond acceptors (Lipinski definition) is 6. The van der Waals surface area contributed by atoms with Crippen molar-refractivity contribution in [3.05, 3.63) is 62.9 Å². The molecule has 194 valence electrons. The monoisotopic (exact) mass is 553 g/mol. The molecule has 3 aliphatic rings. The van der Waals surface area contributed by atoms with Crippen LogP contribution in [0, 0.1) is 11.7 Å². The molecule has 0 radical (unpaired) electrons. The standard InChI is InChI=1S/C26H30Cl2FN3O3S/c27-19-9-17(10-20(28)11-19)14-31-7-5-16(6-8-31)15-35-25-13-24(29)23(12-22(25)18-1-2-18)26(33)30-32(34)36-21-3-4-21/h9-13,16,18,21,34H,1-8,14-15H2,(H,30,33). The van der Waals surface area contributed by atoms with Gasteiger partial charge in [0.1, 0.15) is 11.6 Å². The third-order valence-corrected chi connectivity index (χ3v) is 8.34. The van der Waals surface area contributed by atoms with Crippen molar-refractivity contribution in [2.45, 2.75) is 56.2 Å². The number of piperidine rings is 1. The van der Waals surface area contributed by atoms with E-state index in [4.69, 9.17) is 27.9 Å². The molecule has 3 fully saturated rings. The van der Waals surface area contributed by atoms with Crippen molar-refractivity contribution in [2.24, 2.45) is 5.92 Å². The van der Waals surface area contributed by atoms with E-state index in [2.05, 4.69) is 10.3 Å². The highest BCUT2D eigenvalue weighted by Crippen LogP contribution is 2.45. The normalized spacial score (nSPS) is 19.0. The van der Waals surface area contributed by atoms with Crippen molar-refractivity contribution < 1.29 is 19.1 Å². The van der Waals surface area contributed by atoms with Gasteiger partial charge >= 0.3 is 0 Å². The summed E-state index contributed by atoms with van der Waals surface area (Å²) in [6.45, 7) is 3.21. The molecule has 0 bridgehead atoms. The Kier molecular flexibility index (Phi) is 8.30. The molecular weight excluding hydrogens is 524 g/mol. The number of rotatable bonds is 10. The lowest BCUT2D eigenvalue weighted by Gasteiger charge is -2.32. The van der Waals surface area contributed by atoms with Crippen molar-refractivity contribution in [3.8, 4) is 5.75 Å². The highest BCUT2D eigenvalue weighted by Gasteiger charge is 2.31. The van der Waals surface area contributed by atoms with E-state index in [1.54, 1.807) is 12.1 Å². The van der Waals surface area contributed by atoms with Gasteiger partial charge in [-0.2, -0.15) is 0 Å². The van der Waals surface area contributed by atoms with Gasteiger partial charge in [0.15, 0.2) is 0 Å². The van der Waals surface area contributed by atoms with Gasteiger partial charge in [0, 0.05) is 27.9 Å². The Bertz CT molecular complexity index is 1090. The fourth-order valence-corrected chi connectivity index (χ4v) is 5.89. The van der Waals surface area contributed by atoms with Gasteiger partial charge in [-0.15, -0.1) is 0 Å². The van der Waals surface area contributed by atoms with Crippen LogP contribution in [0.2, 0.25) is 10.0 Å². The van der Waals surface area contributed by atoms with Crippen LogP contribution in [0.15, 0.2) is 30.3 Å². The summed E-state index contributed by atoms with van der Waals surface area (Å²) in [7, 11) is 0. The number of hydrazine groups is 1. The molecule has 2 aliphatic carbocycles. The first-order valence-corrected chi connectivity index (χ1v) is 14.0. The van der Waals surface area contributed by atoms with Crippen molar-refractivity contribution in [1.29, 1.82) is 0 Å². The number of amides is 1. The molecule has 2 saturated carbocycles. The zero-order chi connectivity index (χ0) is 25.2. The van der Waals surface area contributed by atoms with E-state index in [1.807, 2.05) is 12.1 Å². The summed E-state index contributed by atoms with van der Waals surface area (Å²) < 4.78 is 21.7. The zero-order valence-electron chi connectivity index (χ0n) is 19.9. The van der Waals surface area contributed by atoms with Crippen LogP contribution in [-0.2, 0) is 6.54 Å². The van der Waals surface area contributed by atoms with Gasteiger partial charge in [-0.05, 0) is 115 Å². The van der Waals surface area contributed by atoms with Crippen molar-refractivity contribution in [1.82, 2.24) is 14.9 Å². The Hall–Kier alpha value is -1.55. The summed E-state index contributed by atoms with van der Waals surface area (Å²) in [5.74, 6) is -0.123. The van der Waals surface area contributed by atoms with Gasteiger partial charge < -0.3 is 4.74 Å². The summed E-state index contributed by atoms with van der Waals surface area (Å²) in [6, 6.07) is 8.56. The van der Waals surface area contributed by atoms with E-state index < -0.39 is 11.7 Å². The second-order valence-electron chi connectivity index (χ2n) is 9.97. The lowest BCUT2D eigenvalue weighted by atomic mass is 9.97. The topological polar surface area (TPSA) is 65.0 Å². The lowest BCUT2D eigenvalue weighted by molar-refractivity contribution is -0.0248. The molecule has 2 aromatic carbocycles. The molecule has 1 aliphatic heterocycles. The molecule has 6 nitrogen and oxygen atoms in total. The number of nitrogens with zero attached hydrogens (tertiary/aromatic N) is 2. The number of halogens is 3. The van der Waals surface area contributed by atoms with Gasteiger partial charge in [-0.1, -0.05) is 23.2 Å². The number of benzene rings is 2. The summed E-state index contributed by atoms with van der Waals surface area (Å²) >= 11 is 13.4. The Morgan fingerprint density at radius 1 is 1.08 bits per heavy atom. The van der Waals surface area contributed by atoms with Crippen LogP contribution in [0.4, 0.5) is 4.39 Å². The van der Waals surface area contributed by atoms with E-state index in [1.165, 1.54) is 6.07 Å². The maximum atomic E-state index is 14.9. The van der Waals surface area contributed by atoms with Crippen LogP contribution in [0.25, 0.3) is 0 Å². The van der Waals surface area contributed by atoms with Crippen molar-refractivity contribution in [2.75, 3.05) is 19.7 Å². The van der Waals surface area contributed by atoms with Gasteiger partial charge in [0.05, 0.1) is 12.2 Å². The molecule has 1 saturated heterocycles. The maximum Gasteiger partial charge on any atom is 0.271 e. The van der Waals surface area contributed by atoms with E-state index >= 15 is 0 Å². The average Bonchev–Trinajstić information content (AvgIpc) is 3.73. The summed E-state index contributed by atoms with van der Waals surface area (Å²) in [5, 5.41) is 11.5. The maximum absolute atomic E-state index is 14.9. The quantitative estimate of drug-likeness (QED) is 0.260. The number of carbonyl (C=O) groups excluding carboxylic acids is 1. The predicted molar refractivity (Wildman–Crippen MR) is 140 cm³/mol. The summed E-state index contributed by atoms with van der Waals surface area (Å²) in [5.41, 5.74) is 4.24. The lowest BCUT2D eigenvalue weighted by Crippen LogP contribution is -2.36. The largest absolute Gasteiger partial charge is 0.493 e. The highest BCUT2D eigenvalue weighted by molar-refractivity contribution is 7.97. The van der Waals surface area contributed by atoms with Crippen molar-refractivity contribution >= 4 is 41.1 Å². The second-order valence-corrected chi connectivity index (χ2v) is 12.1. The average molecular weight is 555 g/mol. The van der Waals surface area contributed by atoms with E-state index in [0.717, 1.165) is 81.2 Å². The second kappa shape index (κ2) is 11.5. The van der Waals surface area contributed by atoms with Crippen LogP contribution in [-0.4, -0.2) is 45.5 Å². The Balaban J connectivity index is 1.15. The van der Waals surface area contributed by atoms with Crippen LogP contribution < -0.4 is 10.2 Å². The molecule has 0 spiro atoms. The molecule has 0 atom stereocenters. The third kappa shape index (κ3) is 7.05. The molecule has 0 unspecified atom stereocenters. The first kappa shape index (κ1) is 26.1. The number of carbonyl (C=O) groups is 1. The van der Waals surface area contributed by atoms with Crippen molar-refractivity contribution in [3.63, 3.8) is 0 Å². The zero-order valence-corrected chi connectivity index (χ0v) is 22.2. The van der Waals surface area contributed by atoms with Gasteiger partial charge in [-0.25, -0.2) is 4.39 Å². The number of likely N-dealkylation sites (tertiary alicyclic amines) is 1. The molecule has 1 heterocycles. The molecule has 5 rings (SSSR count). The van der Waals surface area contributed by atoms with E-state index in [0.29, 0.717) is 38.1 Å². The number of ether oxygens (including phenoxy) is 1. The number of nitrogens with one attached hydrogen (secondary N) is 1. The van der Waals surface area contributed by atoms with Crippen LogP contribution in [0.1, 0.15) is 65.9 Å². The van der Waals surface area contributed by atoms with Gasteiger partial charge in [0.2, 0.25) is 0 Å². The molecular formula is C26H30Cl2FN3O3S. The Morgan fingerprint density at radius 3 is 2.42 bits per heavy atom. The molecule has 0 aromatic heterocycles. The number of hydrogen-bond donors (Lipinski definition) is 2. The third-order valence-electron chi connectivity index (χ3n) is 6.84. The minimum absolute atomic E-state index is 0.0749. The van der Waals surface area contributed by atoms with Crippen LogP contribution in [0.5, 0.6) is 5.75 Å². The summed E-state index contributed by atoms with van der Waals surface area (Å²) in [6.07, 6.45) is 5.97. The minimum atomic E-state index is -0.662. The molecule has 1 amide bonds. The smallest absolute Gasteiger partial charge is 0.271 e. The molecule has 10 heteroatoms. The fraction of sp³-hybridized carbons (Fsp3) is 0.500. The SMILES string of the molecule is O=C(NN(O)SC1CC1)c1cc(C2CC2)c(OCC2CCN(Cc3cc(Cl)cc(Cl)c3)CC2)cc1F. The van der Waals surface area contributed by atoms with E-state index in [9.17, 15) is 14.4 Å². The molecule has 2 N–H and O–H groups in total. The molecule has 36 heavy (non-hydrogen) atoms. The van der Waals surface area contributed by atoms with E-state index in [-0.39, 0.29) is 11.5 Å². The minimum Gasteiger partial charge on any atom is -0.493 e. The van der Waals surface area contributed by atoms with Gasteiger partial charge in [-0.3, -0.25) is 20.3 Å². The first-order valence-electron chi connectivity index (χ1n) is 12.4. The Morgan fingerprint density at radius 2 is 1.78 bits per heavy atom. The fourth-order valence-electron chi connectivity index (χ4n) is 4.55. The first-order chi connectivity index (χ1) is 17.3. The molecule has 2 aromatic rings. The van der Waals surface area contributed by atoms with Crippen LogP contribution >= 0.6 is 35.1 Å². The Labute approximate surface area is 225 Å². The summed E-state index contributed by atoms with van der Waals surface area (Å²) in [4.78, 5) is 14.9.